The van der Waals surface area contributed by atoms with Gasteiger partial charge in [0.2, 0.25) is 0 Å². The lowest BCUT2D eigenvalue weighted by Gasteiger charge is -2.13. The summed E-state index contributed by atoms with van der Waals surface area (Å²) in [6, 6.07) is 5.96. The quantitative estimate of drug-likeness (QED) is 0.762. The number of halogens is 1. The molecule has 0 spiro atoms. The maximum absolute atomic E-state index is 13.3. The maximum Gasteiger partial charge on any atom is 0.166 e. The normalized spacial score (nSPS) is 11.9. The van der Waals surface area contributed by atoms with Crippen molar-refractivity contribution in [3.63, 3.8) is 0 Å². The number of hydrogen-bond acceptors (Lipinski definition) is 3. The van der Waals surface area contributed by atoms with E-state index in [0.717, 1.165) is 6.07 Å². The lowest BCUT2D eigenvalue weighted by molar-refractivity contribution is 0.0893. The minimum Gasteiger partial charge on any atom is -0.485 e. The molecule has 0 fully saturated rings. The Morgan fingerprint density at radius 2 is 2.27 bits per heavy atom. The van der Waals surface area contributed by atoms with Crippen LogP contribution in [-0.4, -0.2) is 19.8 Å². The Bertz CT molecular complexity index is 373. The fraction of sp³-hybridized carbons (Fsp3) is 0.364. The zero-order valence-electron chi connectivity index (χ0n) is 8.66. The van der Waals surface area contributed by atoms with Crippen LogP contribution in [0.1, 0.15) is 12.5 Å². The molecule has 0 saturated carbocycles. The summed E-state index contributed by atoms with van der Waals surface area (Å²) in [6.07, 6.45) is -0.225. The topological polar surface area (TPSA) is 42.2 Å². The number of ether oxygens (including phenoxy) is 2. The summed E-state index contributed by atoms with van der Waals surface area (Å²) in [5, 5.41) is 8.54. The number of nitriles is 1. The molecule has 0 aliphatic carbocycles. The molecule has 1 unspecified atom stereocenters. The summed E-state index contributed by atoms with van der Waals surface area (Å²) in [7, 11) is 1.55. The molecule has 0 aliphatic heterocycles. The zero-order valence-corrected chi connectivity index (χ0v) is 8.66. The lowest BCUT2D eigenvalue weighted by atomic mass is 10.2. The summed E-state index contributed by atoms with van der Waals surface area (Å²) in [5.41, 5.74) is 0.277. The molecule has 0 radical (unpaired) electrons. The number of methoxy groups -OCH3 is 1. The second kappa shape index (κ2) is 5.32. The molecule has 1 atom stereocenters. The third-order valence-electron chi connectivity index (χ3n) is 1.79. The Morgan fingerprint density at radius 3 is 2.80 bits per heavy atom. The van der Waals surface area contributed by atoms with E-state index in [1.54, 1.807) is 14.0 Å². The number of benzene rings is 1. The Labute approximate surface area is 88.0 Å². The Kier molecular flexibility index (Phi) is 4.07. The van der Waals surface area contributed by atoms with Crippen molar-refractivity contribution < 1.29 is 13.9 Å². The molecule has 0 amide bonds. The molecule has 0 bridgehead atoms. The van der Waals surface area contributed by atoms with Crippen LogP contribution in [0.25, 0.3) is 0 Å². The Balaban J connectivity index is 2.74. The van der Waals surface area contributed by atoms with Crippen molar-refractivity contribution in [1.82, 2.24) is 0 Å². The molecule has 3 nitrogen and oxygen atoms in total. The number of rotatable bonds is 4. The molecule has 0 heterocycles. The fourth-order valence-corrected chi connectivity index (χ4v) is 1.15. The summed E-state index contributed by atoms with van der Waals surface area (Å²) in [5.74, 6) is -0.393. The molecule has 0 N–H and O–H groups in total. The van der Waals surface area contributed by atoms with E-state index in [-0.39, 0.29) is 17.4 Å². The van der Waals surface area contributed by atoms with Gasteiger partial charge in [0.15, 0.2) is 11.6 Å². The highest BCUT2D eigenvalue weighted by Crippen LogP contribution is 2.19. The van der Waals surface area contributed by atoms with Gasteiger partial charge >= 0.3 is 0 Å². The van der Waals surface area contributed by atoms with Gasteiger partial charge in [-0.2, -0.15) is 5.26 Å². The van der Waals surface area contributed by atoms with Gasteiger partial charge in [-0.15, -0.1) is 0 Å². The van der Waals surface area contributed by atoms with Gasteiger partial charge in [-0.05, 0) is 25.1 Å². The highest BCUT2D eigenvalue weighted by atomic mass is 19.1. The van der Waals surface area contributed by atoms with Gasteiger partial charge < -0.3 is 9.47 Å². The standard InChI is InChI=1S/C11H12FNO2/c1-8(7-14-2)15-11-4-3-9(6-13)5-10(11)12/h3-5,8H,7H2,1-2H3. The summed E-state index contributed by atoms with van der Waals surface area (Å²) >= 11 is 0. The maximum atomic E-state index is 13.3. The van der Waals surface area contributed by atoms with Crippen molar-refractivity contribution in [1.29, 1.82) is 5.26 Å². The molecule has 0 saturated heterocycles. The summed E-state index contributed by atoms with van der Waals surface area (Å²) in [4.78, 5) is 0. The van der Waals surface area contributed by atoms with E-state index in [0.29, 0.717) is 6.61 Å². The predicted molar refractivity (Wildman–Crippen MR) is 53.1 cm³/mol. The van der Waals surface area contributed by atoms with Crippen LogP contribution in [-0.2, 0) is 4.74 Å². The fourth-order valence-electron chi connectivity index (χ4n) is 1.15. The van der Waals surface area contributed by atoms with Crippen molar-refractivity contribution in [2.45, 2.75) is 13.0 Å². The molecular weight excluding hydrogens is 197 g/mol. The van der Waals surface area contributed by atoms with E-state index in [9.17, 15) is 4.39 Å². The van der Waals surface area contributed by atoms with Crippen LogP contribution in [0.15, 0.2) is 18.2 Å². The first-order chi connectivity index (χ1) is 7.17. The van der Waals surface area contributed by atoms with E-state index in [4.69, 9.17) is 14.7 Å². The molecule has 0 aliphatic rings. The van der Waals surface area contributed by atoms with Crippen LogP contribution in [0.4, 0.5) is 4.39 Å². The van der Waals surface area contributed by atoms with E-state index in [1.165, 1.54) is 12.1 Å². The van der Waals surface area contributed by atoms with Gasteiger partial charge in [-0.1, -0.05) is 0 Å². The largest absolute Gasteiger partial charge is 0.485 e. The average molecular weight is 209 g/mol. The van der Waals surface area contributed by atoms with Crippen molar-refractivity contribution in [2.75, 3.05) is 13.7 Å². The Morgan fingerprint density at radius 1 is 1.53 bits per heavy atom. The van der Waals surface area contributed by atoms with Crippen LogP contribution in [0.2, 0.25) is 0 Å². The highest BCUT2D eigenvalue weighted by molar-refractivity contribution is 5.36. The smallest absolute Gasteiger partial charge is 0.166 e. The molecule has 80 valence electrons. The first-order valence-corrected chi connectivity index (χ1v) is 4.52. The van der Waals surface area contributed by atoms with E-state index in [1.807, 2.05) is 6.07 Å². The Hall–Kier alpha value is -1.60. The predicted octanol–water partition coefficient (Wildman–Crippen LogP) is 2.11. The minimum atomic E-state index is -0.531. The summed E-state index contributed by atoms with van der Waals surface area (Å²) < 4.78 is 23.5. The third-order valence-corrected chi connectivity index (χ3v) is 1.79. The molecular formula is C11H12FNO2. The second-order valence-corrected chi connectivity index (χ2v) is 3.14. The zero-order chi connectivity index (χ0) is 11.3. The van der Waals surface area contributed by atoms with E-state index >= 15 is 0 Å². The SMILES string of the molecule is COCC(C)Oc1ccc(C#N)cc1F. The van der Waals surface area contributed by atoms with E-state index in [2.05, 4.69) is 0 Å². The van der Waals surface area contributed by atoms with Crippen LogP contribution in [0.5, 0.6) is 5.75 Å². The van der Waals surface area contributed by atoms with Gasteiger partial charge in [-0.25, -0.2) is 4.39 Å². The molecule has 0 aromatic heterocycles. The third kappa shape index (κ3) is 3.22. The molecule has 1 aromatic rings. The van der Waals surface area contributed by atoms with Gasteiger partial charge in [-0.3, -0.25) is 0 Å². The number of hydrogen-bond donors (Lipinski definition) is 0. The second-order valence-electron chi connectivity index (χ2n) is 3.14. The van der Waals surface area contributed by atoms with Crippen LogP contribution >= 0.6 is 0 Å². The van der Waals surface area contributed by atoms with Gasteiger partial charge in [0.05, 0.1) is 18.2 Å². The van der Waals surface area contributed by atoms with Gasteiger partial charge in [0.25, 0.3) is 0 Å². The van der Waals surface area contributed by atoms with Crippen molar-refractivity contribution in [3.8, 4) is 11.8 Å². The molecule has 1 rings (SSSR count). The number of nitrogens with zero attached hydrogens (tertiary/aromatic N) is 1. The average Bonchev–Trinajstić information content (AvgIpc) is 2.21. The van der Waals surface area contributed by atoms with Crippen LogP contribution < -0.4 is 4.74 Å². The lowest BCUT2D eigenvalue weighted by Crippen LogP contribution is -2.18. The minimum absolute atomic E-state index is 0.138. The molecule has 4 heteroatoms. The van der Waals surface area contributed by atoms with Crippen LogP contribution in [0, 0.1) is 17.1 Å². The first kappa shape index (κ1) is 11.5. The van der Waals surface area contributed by atoms with Crippen LogP contribution in [0.3, 0.4) is 0 Å². The monoisotopic (exact) mass is 209 g/mol. The molecule has 15 heavy (non-hydrogen) atoms. The van der Waals surface area contributed by atoms with E-state index < -0.39 is 5.82 Å². The molecule has 1 aromatic carbocycles. The van der Waals surface area contributed by atoms with Gasteiger partial charge in [0.1, 0.15) is 6.10 Å². The van der Waals surface area contributed by atoms with Crippen molar-refractivity contribution in [3.05, 3.63) is 29.6 Å². The first-order valence-electron chi connectivity index (χ1n) is 4.52. The highest BCUT2D eigenvalue weighted by Gasteiger charge is 2.08. The summed E-state index contributed by atoms with van der Waals surface area (Å²) in [6.45, 7) is 2.17. The van der Waals surface area contributed by atoms with Crippen molar-refractivity contribution >= 4 is 0 Å². The van der Waals surface area contributed by atoms with Gasteiger partial charge in [0, 0.05) is 7.11 Å². The van der Waals surface area contributed by atoms with Crippen molar-refractivity contribution in [2.24, 2.45) is 0 Å².